The highest BCUT2D eigenvalue weighted by atomic mass is 16.5. The molecule has 0 atom stereocenters. The maximum absolute atomic E-state index is 9.60. The number of fused-ring (bicyclic) bond motifs is 1. The Morgan fingerprint density at radius 2 is 1.82 bits per heavy atom. The third kappa shape index (κ3) is 4.50. The van der Waals surface area contributed by atoms with E-state index in [1.54, 1.807) is 44.6 Å². The van der Waals surface area contributed by atoms with Crippen LogP contribution in [0.4, 0.5) is 5.82 Å². The van der Waals surface area contributed by atoms with Crippen LogP contribution in [0.25, 0.3) is 23.1 Å². The lowest BCUT2D eigenvalue weighted by molar-refractivity contribution is 0.292. The summed E-state index contributed by atoms with van der Waals surface area (Å²) in [6.45, 7) is 0.671. The molecule has 146 valence electrons. The lowest BCUT2D eigenvalue weighted by Crippen LogP contribution is -2.07. The molecule has 0 saturated heterocycles. The fraction of sp³-hybridized carbons (Fsp3) is 0.238. The number of ether oxygens (including phenoxy) is 2. The molecule has 28 heavy (non-hydrogen) atoms. The van der Waals surface area contributed by atoms with Gasteiger partial charge in [0, 0.05) is 24.6 Å². The second-order valence-corrected chi connectivity index (χ2v) is 6.09. The molecule has 7 nitrogen and oxygen atoms in total. The van der Waals surface area contributed by atoms with E-state index in [9.17, 15) is 5.11 Å². The number of nitrogens with one attached hydrogen (secondary N) is 1. The highest BCUT2D eigenvalue weighted by Crippen LogP contribution is 2.34. The molecular weight excluding hydrogens is 358 g/mol. The normalized spacial score (nSPS) is 11.1. The Labute approximate surface area is 163 Å². The van der Waals surface area contributed by atoms with Gasteiger partial charge in [-0.2, -0.15) is 0 Å². The fourth-order valence-electron chi connectivity index (χ4n) is 2.77. The van der Waals surface area contributed by atoms with Crippen molar-refractivity contribution >= 4 is 28.9 Å². The van der Waals surface area contributed by atoms with Crippen molar-refractivity contribution in [3.63, 3.8) is 0 Å². The number of aromatic nitrogens is 2. The van der Waals surface area contributed by atoms with Crippen LogP contribution in [-0.2, 0) is 0 Å². The third-order valence-electron chi connectivity index (χ3n) is 4.14. The zero-order chi connectivity index (χ0) is 19.9. The van der Waals surface area contributed by atoms with Crippen LogP contribution >= 0.6 is 0 Å². The predicted octanol–water partition coefficient (Wildman–Crippen LogP) is 3.32. The highest BCUT2D eigenvalue weighted by Gasteiger charge is 2.12. The van der Waals surface area contributed by atoms with Crippen molar-refractivity contribution < 1.29 is 19.7 Å². The molecule has 0 aliphatic heterocycles. The molecule has 3 N–H and O–H groups in total. The van der Waals surface area contributed by atoms with Gasteiger partial charge in [0.25, 0.3) is 0 Å². The maximum atomic E-state index is 9.60. The minimum atomic E-state index is 0.0947. The molecule has 0 aliphatic rings. The molecule has 1 aromatic heterocycles. The van der Waals surface area contributed by atoms with E-state index in [1.807, 2.05) is 18.2 Å². The van der Waals surface area contributed by atoms with E-state index in [2.05, 4.69) is 15.3 Å². The monoisotopic (exact) mass is 381 g/mol. The second kappa shape index (κ2) is 9.05. The Balaban J connectivity index is 2.04. The summed E-state index contributed by atoms with van der Waals surface area (Å²) in [5, 5.41) is 22.7. The van der Waals surface area contributed by atoms with Gasteiger partial charge in [-0.05, 0) is 36.3 Å². The van der Waals surface area contributed by atoms with Gasteiger partial charge in [-0.1, -0.05) is 18.2 Å². The third-order valence-corrected chi connectivity index (χ3v) is 4.14. The number of phenolic OH excluding ortho intramolecular Hbond substituents is 1. The quantitative estimate of drug-likeness (QED) is 0.515. The van der Waals surface area contributed by atoms with Crippen molar-refractivity contribution in [1.29, 1.82) is 0 Å². The van der Waals surface area contributed by atoms with E-state index in [-0.39, 0.29) is 12.4 Å². The molecule has 2 aromatic carbocycles. The van der Waals surface area contributed by atoms with Gasteiger partial charge in [-0.25, -0.2) is 9.97 Å². The van der Waals surface area contributed by atoms with Gasteiger partial charge in [0.15, 0.2) is 17.3 Å². The number of methoxy groups -OCH3 is 2. The van der Waals surface area contributed by atoms with Crippen LogP contribution < -0.4 is 14.8 Å². The summed E-state index contributed by atoms with van der Waals surface area (Å²) >= 11 is 0. The van der Waals surface area contributed by atoms with E-state index in [1.165, 1.54) is 0 Å². The standard InChI is InChI=1S/C21H23N3O4/c1-27-18-12-16-17(13-19(18)28-2)23-20(24-21(16)22-9-4-10-25)8-7-14-5-3-6-15(26)11-14/h3,5-8,11-13,25-26H,4,9-10H2,1-2H3,(H,22,23,24)/b8-7+. The van der Waals surface area contributed by atoms with E-state index < -0.39 is 0 Å². The van der Waals surface area contributed by atoms with Crippen LogP contribution in [0, 0.1) is 0 Å². The summed E-state index contributed by atoms with van der Waals surface area (Å²) in [5.74, 6) is 2.53. The molecule has 0 aliphatic carbocycles. The first kappa shape index (κ1) is 19.4. The minimum absolute atomic E-state index is 0.0947. The number of aliphatic hydroxyl groups is 1. The van der Waals surface area contributed by atoms with Gasteiger partial charge in [-0.15, -0.1) is 0 Å². The number of hydrogen-bond acceptors (Lipinski definition) is 7. The zero-order valence-corrected chi connectivity index (χ0v) is 15.8. The van der Waals surface area contributed by atoms with Crippen molar-refractivity contribution in [2.45, 2.75) is 6.42 Å². The molecule has 3 aromatic rings. The zero-order valence-electron chi connectivity index (χ0n) is 15.8. The minimum Gasteiger partial charge on any atom is -0.508 e. The molecule has 7 heteroatoms. The molecule has 0 fully saturated rings. The Kier molecular flexibility index (Phi) is 6.29. The molecule has 0 radical (unpaired) electrons. The second-order valence-electron chi connectivity index (χ2n) is 6.09. The van der Waals surface area contributed by atoms with E-state index >= 15 is 0 Å². The van der Waals surface area contributed by atoms with Crippen molar-refractivity contribution in [3.8, 4) is 17.2 Å². The molecule has 0 bridgehead atoms. The van der Waals surface area contributed by atoms with Crippen LogP contribution in [0.1, 0.15) is 17.8 Å². The number of anilines is 1. The number of aliphatic hydroxyl groups excluding tert-OH is 1. The van der Waals surface area contributed by atoms with Crippen LogP contribution in [0.3, 0.4) is 0 Å². The number of nitrogens with zero attached hydrogens (tertiary/aromatic N) is 2. The van der Waals surface area contributed by atoms with Crippen molar-refractivity contribution in [1.82, 2.24) is 9.97 Å². The average Bonchev–Trinajstić information content (AvgIpc) is 2.71. The van der Waals surface area contributed by atoms with E-state index in [0.717, 1.165) is 10.9 Å². The number of benzene rings is 2. The Hall–Kier alpha value is -3.32. The molecule has 0 saturated carbocycles. The highest BCUT2D eigenvalue weighted by molar-refractivity contribution is 5.92. The first-order valence-electron chi connectivity index (χ1n) is 8.90. The van der Waals surface area contributed by atoms with Crippen LogP contribution in [-0.4, -0.2) is 47.6 Å². The Bertz CT molecular complexity index is 989. The van der Waals surface area contributed by atoms with Crippen molar-refractivity contribution in [2.24, 2.45) is 0 Å². The maximum Gasteiger partial charge on any atom is 0.162 e. The van der Waals surface area contributed by atoms with E-state index in [4.69, 9.17) is 14.6 Å². The van der Waals surface area contributed by atoms with Crippen LogP contribution in [0.5, 0.6) is 17.2 Å². The first-order chi connectivity index (χ1) is 13.6. The smallest absolute Gasteiger partial charge is 0.162 e. The SMILES string of the molecule is COc1cc2nc(/C=C/c3cccc(O)c3)nc(NCCCO)c2cc1OC. The first-order valence-corrected chi connectivity index (χ1v) is 8.90. The number of hydrogen-bond donors (Lipinski definition) is 3. The van der Waals surface area contributed by atoms with Gasteiger partial charge in [0.2, 0.25) is 0 Å². The van der Waals surface area contributed by atoms with Gasteiger partial charge >= 0.3 is 0 Å². The van der Waals surface area contributed by atoms with E-state index in [0.29, 0.717) is 41.6 Å². The molecule has 3 rings (SSSR count). The molecule has 0 amide bonds. The fourth-order valence-corrected chi connectivity index (χ4v) is 2.77. The predicted molar refractivity (Wildman–Crippen MR) is 110 cm³/mol. The summed E-state index contributed by atoms with van der Waals surface area (Å²) in [6.07, 6.45) is 4.22. The van der Waals surface area contributed by atoms with Gasteiger partial charge in [-0.3, -0.25) is 0 Å². The summed E-state index contributed by atoms with van der Waals surface area (Å²) in [7, 11) is 3.16. The van der Waals surface area contributed by atoms with Gasteiger partial charge < -0.3 is 25.0 Å². The summed E-state index contributed by atoms with van der Waals surface area (Å²) in [6, 6.07) is 10.6. The Morgan fingerprint density at radius 1 is 1.04 bits per heavy atom. The number of rotatable bonds is 8. The summed E-state index contributed by atoms with van der Waals surface area (Å²) in [5.41, 5.74) is 1.54. The van der Waals surface area contributed by atoms with Crippen LogP contribution in [0.2, 0.25) is 0 Å². The largest absolute Gasteiger partial charge is 0.508 e. The Morgan fingerprint density at radius 3 is 2.54 bits per heavy atom. The molecular formula is C21H23N3O4. The molecule has 0 unspecified atom stereocenters. The topological polar surface area (TPSA) is 96.7 Å². The number of phenols is 1. The van der Waals surface area contributed by atoms with Crippen LogP contribution in [0.15, 0.2) is 36.4 Å². The summed E-state index contributed by atoms with van der Waals surface area (Å²) < 4.78 is 10.8. The van der Waals surface area contributed by atoms with Crippen molar-refractivity contribution in [2.75, 3.05) is 32.7 Å². The average molecular weight is 381 g/mol. The number of aromatic hydroxyl groups is 1. The summed E-state index contributed by atoms with van der Waals surface area (Å²) in [4.78, 5) is 9.19. The molecule has 0 spiro atoms. The van der Waals surface area contributed by atoms with Gasteiger partial charge in [0.05, 0.1) is 19.7 Å². The lowest BCUT2D eigenvalue weighted by Gasteiger charge is -2.13. The van der Waals surface area contributed by atoms with Crippen molar-refractivity contribution in [3.05, 3.63) is 47.8 Å². The van der Waals surface area contributed by atoms with Gasteiger partial charge in [0.1, 0.15) is 11.6 Å². The molecule has 1 heterocycles. The lowest BCUT2D eigenvalue weighted by atomic mass is 10.2.